The molecular weight excluding hydrogens is 327 g/mol. The Hall–Kier alpha value is -2.28. The van der Waals surface area contributed by atoms with Gasteiger partial charge >= 0.3 is 0 Å². The predicted octanol–water partition coefficient (Wildman–Crippen LogP) is 2.94. The van der Waals surface area contributed by atoms with Crippen LogP contribution in [-0.2, 0) is 0 Å². The monoisotopic (exact) mass is 334 g/mol. The van der Waals surface area contributed by atoms with E-state index in [4.69, 9.17) is 0 Å². The molecule has 1 N–H and O–H groups in total. The molecule has 7 heteroatoms. The van der Waals surface area contributed by atoms with Gasteiger partial charge in [0, 0.05) is 5.56 Å². The number of hydrogen-bond donors (Lipinski definition) is 1. The van der Waals surface area contributed by atoms with E-state index in [0.717, 1.165) is 0 Å². The number of rotatable bonds is 2. The highest BCUT2D eigenvalue weighted by Gasteiger charge is 2.20. The lowest BCUT2D eigenvalue weighted by molar-refractivity contribution is 0.444. The van der Waals surface area contributed by atoms with Crippen LogP contribution in [0.5, 0.6) is 5.88 Å². The maximum Gasteiger partial charge on any atom is 0.245 e. The van der Waals surface area contributed by atoms with Crippen molar-refractivity contribution in [3.05, 3.63) is 53.0 Å². The lowest BCUT2D eigenvalue weighted by Crippen LogP contribution is -2.02. The topological polar surface area (TPSA) is 63.8 Å². The molecule has 0 amide bonds. The molecule has 0 bridgehead atoms. The fraction of sp³-hybridized carbons (Fsp3) is 0. The van der Waals surface area contributed by atoms with Crippen molar-refractivity contribution < 1.29 is 9.50 Å². The van der Waals surface area contributed by atoms with Crippen LogP contribution in [0.2, 0.25) is 0 Å². The third-order valence-corrected chi connectivity index (χ3v) is 3.48. The summed E-state index contributed by atoms with van der Waals surface area (Å²) < 4.78 is 15.6. The number of para-hydroxylation sites is 1. The van der Waals surface area contributed by atoms with Gasteiger partial charge in [0.25, 0.3) is 0 Å². The molecule has 2 heterocycles. The van der Waals surface area contributed by atoms with Gasteiger partial charge in [-0.3, -0.25) is 0 Å². The second-order valence-electron chi connectivity index (χ2n) is 3.98. The molecular formula is C13H8BrFN4O. The molecule has 3 aromatic rings. The van der Waals surface area contributed by atoms with E-state index in [2.05, 4.69) is 31.2 Å². The Kier molecular flexibility index (Phi) is 3.19. The molecule has 0 unspecified atom stereocenters. The minimum absolute atomic E-state index is 0.222. The van der Waals surface area contributed by atoms with E-state index < -0.39 is 5.82 Å². The van der Waals surface area contributed by atoms with E-state index in [1.807, 2.05) is 0 Å². The minimum atomic E-state index is -0.439. The summed E-state index contributed by atoms with van der Waals surface area (Å²) in [6.45, 7) is 0. The molecule has 0 aliphatic rings. The second kappa shape index (κ2) is 5.01. The van der Waals surface area contributed by atoms with E-state index in [0.29, 0.717) is 15.7 Å². The molecule has 0 spiro atoms. The summed E-state index contributed by atoms with van der Waals surface area (Å²) in [6.07, 6.45) is 3.02. The smallest absolute Gasteiger partial charge is 0.245 e. The molecule has 2 aromatic heterocycles. The first-order chi connectivity index (χ1) is 9.68. The first kappa shape index (κ1) is 12.7. The zero-order valence-corrected chi connectivity index (χ0v) is 11.6. The molecule has 1 aromatic carbocycles. The van der Waals surface area contributed by atoms with Gasteiger partial charge < -0.3 is 5.11 Å². The van der Waals surface area contributed by atoms with Crippen molar-refractivity contribution in [2.75, 3.05) is 0 Å². The molecule has 0 aliphatic heterocycles. The van der Waals surface area contributed by atoms with Crippen LogP contribution in [0, 0.1) is 5.82 Å². The maximum absolute atomic E-state index is 13.9. The summed E-state index contributed by atoms with van der Waals surface area (Å²) in [5.41, 5.74) is 1.39. The van der Waals surface area contributed by atoms with Crippen molar-refractivity contribution in [3.8, 4) is 22.8 Å². The zero-order valence-electron chi connectivity index (χ0n) is 10.0. The molecule has 100 valence electrons. The van der Waals surface area contributed by atoms with Crippen molar-refractivity contribution in [2.24, 2.45) is 0 Å². The minimum Gasteiger partial charge on any atom is -0.491 e. The summed E-state index contributed by atoms with van der Waals surface area (Å²) in [6, 6.07) is 7.89. The first-order valence-electron chi connectivity index (χ1n) is 5.68. The van der Waals surface area contributed by atoms with Crippen molar-refractivity contribution in [1.82, 2.24) is 20.0 Å². The summed E-state index contributed by atoms with van der Waals surface area (Å²) in [7, 11) is 0. The number of aromatic nitrogens is 4. The predicted molar refractivity (Wildman–Crippen MR) is 73.9 cm³/mol. The Morgan fingerprint density at radius 2 is 1.95 bits per heavy atom. The zero-order chi connectivity index (χ0) is 14.1. The highest BCUT2D eigenvalue weighted by Crippen LogP contribution is 2.36. The van der Waals surface area contributed by atoms with Gasteiger partial charge in [-0.05, 0) is 34.1 Å². The molecule has 0 radical (unpaired) electrons. The quantitative estimate of drug-likeness (QED) is 0.782. The standard InChI is InChI=1S/C13H8BrFN4O/c14-11-12(8-5-6-16-17-7-8)19(18-13(11)20)10-4-2-1-3-9(10)15/h1-7H,(H,18,20). The molecule has 20 heavy (non-hydrogen) atoms. The van der Waals surface area contributed by atoms with Crippen molar-refractivity contribution in [1.29, 1.82) is 0 Å². The highest BCUT2D eigenvalue weighted by molar-refractivity contribution is 9.10. The van der Waals surface area contributed by atoms with Gasteiger partial charge in [0.2, 0.25) is 5.88 Å². The van der Waals surface area contributed by atoms with E-state index >= 15 is 0 Å². The molecule has 0 saturated carbocycles. The van der Waals surface area contributed by atoms with Gasteiger partial charge in [0.15, 0.2) is 0 Å². The van der Waals surface area contributed by atoms with Gasteiger partial charge in [0.1, 0.15) is 16.0 Å². The summed E-state index contributed by atoms with van der Waals surface area (Å²) in [5.74, 6) is -0.661. The Bertz CT molecular complexity index is 760. The van der Waals surface area contributed by atoms with Gasteiger partial charge in [0.05, 0.1) is 18.1 Å². The SMILES string of the molecule is Oc1nn(-c2ccccc2F)c(-c2ccnnc2)c1Br. The van der Waals surface area contributed by atoms with Crippen LogP contribution in [0.1, 0.15) is 0 Å². The van der Waals surface area contributed by atoms with Crippen molar-refractivity contribution in [3.63, 3.8) is 0 Å². The van der Waals surface area contributed by atoms with Crippen molar-refractivity contribution in [2.45, 2.75) is 0 Å². The van der Waals surface area contributed by atoms with Gasteiger partial charge in [-0.15, -0.1) is 5.10 Å². The largest absolute Gasteiger partial charge is 0.491 e. The summed E-state index contributed by atoms with van der Waals surface area (Å²) >= 11 is 3.26. The lowest BCUT2D eigenvalue weighted by Gasteiger charge is -2.08. The fourth-order valence-corrected chi connectivity index (χ4v) is 2.34. The van der Waals surface area contributed by atoms with Crippen LogP contribution < -0.4 is 0 Å². The molecule has 5 nitrogen and oxygen atoms in total. The van der Waals surface area contributed by atoms with E-state index in [9.17, 15) is 9.50 Å². The van der Waals surface area contributed by atoms with Crippen LogP contribution >= 0.6 is 15.9 Å². The highest BCUT2D eigenvalue weighted by atomic mass is 79.9. The van der Waals surface area contributed by atoms with E-state index in [1.54, 1.807) is 24.3 Å². The fourth-order valence-electron chi connectivity index (χ4n) is 1.87. The normalized spacial score (nSPS) is 10.7. The summed E-state index contributed by atoms with van der Waals surface area (Å²) in [5, 5.41) is 21.2. The van der Waals surface area contributed by atoms with Gasteiger partial charge in [-0.2, -0.15) is 10.2 Å². The average molecular weight is 335 g/mol. The third-order valence-electron chi connectivity index (χ3n) is 2.75. The molecule has 0 atom stereocenters. The van der Waals surface area contributed by atoms with Crippen LogP contribution in [0.3, 0.4) is 0 Å². The number of nitrogens with zero attached hydrogens (tertiary/aromatic N) is 4. The first-order valence-corrected chi connectivity index (χ1v) is 6.47. The van der Waals surface area contributed by atoms with Crippen molar-refractivity contribution >= 4 is 15.9 Å². The Balaban J connectivity index is 2.28. The van der Waals surface area contributed by atoms with Crippen LogP contribution in [-0.4, -0.2) is 25.1 Å². The molecule has 3 rings (SSSR count). The Morgan fingerprint density at radius 3 is 2.65 bits per heavy atom. The molecule has 0 aliphatic carbocycles. The van der Waals surface area contributed by atoms with Gasteiger partial charge in [-0.25, -0.2) is 9.07 Å². The number of hydrogen-bond acceptors (Lipinski definition) is 4. The average Bonchev–Trinajstić information content (AvgIpc) is 2.76. The molecule has 0 saturated heterocycles. The van der Waals surface area contributed by atoms with Gasteiger partial charge in [-0.1, -0.05) is 12.1 Å². The second-order valence-corrected chi connectivity index (χ2v) is 4.77. The molecule has 0 fully saturated rings. The Morgan fingerprint density at radius 1 is 1.15 bits per heavy atom. The Labute approximate surface area is 121 Å². The van der Waals surface area contributed by atoms with Crippen LogP contribution in [0.4, 0.5) is 4.39 Å². The number of benzene rings is 1. The number of aromatic hydroxyl groups is 1. The van der Waals surface area contributed by atoms with Crippen LogP contribution in [0.15, 0.2) is 47.2 Å². The lowest BCUT2D eigenvalue weighted by atomic mass is 10.2. The van der Waals surface area contributed by atoms with E-state index in [1.165, 1.54) is 23.1 Å². The number of halogens is 2. The van der Waals surface area contributed by atoms with Crippen LogP contribution in [0.25, 0.3) is 16.9 Å². The maximum atomic E-state index is 13.9. The summed E-state index contributed by atoms with van der Waals surface area (Å²) in [4.78, 5) is 0. The third kappa shape index (κ3) is 2.05. The van der Waals surface area contributed by atoms with E-state index in [-0.39, 0.29) is 11.6 Å².